The summed E-state index contributed by atoms with van der Waals surface area (Å²) in [4.78, 5) is 16.2. The molecular formula is C21H23FN4O. The van der Waals surface area contributed by atoms with Crippen LogP contribution < -0.4 is 10.6 Å². The lowest BCUT2D eigenvalue weighted by Crippen LogP contribution is -2.31. The minimum Gasteiger partial charge on any atom is -0.404 e. The SMILES string of the molecule is CCc1cc(N2CCN(Cc3ccccc3F)C2=O)ccc1/C(C=N)=C/N. The lowest BCUT2D eigenvalue weighted by atomic mass is 9.98. The van der Waals surface area contributed by atoms with Crippen molar-refractivity contribution in [1.29, 1.82) is 5.41 Å². The van der Waals surface area contributed by atoms with Crippen molar-refractivity contribution in [3.8, 4) is 0 Å². The number of anilines is 1. The van der Waals surface area contributed by atoms with Gasteiger partial charge >= 0.3 is 6.03 Å². The van der Waals surface area contributed by atoms with Crippen molar-refractivity contribution in [2.45, 2.75) is 19.9 Å². The van der Waals surface area contributed by atoms with Gasteiger partial charge in [0.25, 0.3) is 0 Å². The standard InChI is InChI=1S/C21H23FN4O/c1-2-15-11-18(7-8-19(15)17(12-23)13-24)26-10-9-25(21(26)27)14-16-5-3-4-6-20(16)22/h3-8,11-13,23H,2,9-10,14,24H2,1H3/b17-13+,23-12?. The van der Waals surface area contributed by atoms with E-state index in [0.29, 0.717) is 24.2 Å². The van der Waals surface area contributed by atoms with E-state index in [4.69, 9.17) is 11.1 Å². The molecule has 1 aliphatic rings. The van der Waals surface area contributed by atoms with Crippen molar-refractivity contribution >= 4 is 23.5 Å². The van der Waals surface area contributed by atoms with Crippen molar-refractivity contribution in [3.63, 3.8) is 0 Å². The zero-order chi connectivity index (χ0) is 19.4. The fraction of sp³-hybridized carbons (Fsp3) is 0.238. The number of hydrogen-bond acceptors (Lipinski definition) is 3. The number of hydrogen-bond donors (Lipinski definition) is 2. The van der Waals surface area contributed by atoms with Crippen LogP contribution in [0, 0.1) is 11.2 Å². The lowest BCUT2D eigenvalue weighted by molar-refractivity contribution is 0.218. The Morgan fingerprint density at radius 2 is 2.00 bits per heavy atom. The number of aryl methyl sites for hydroxylation is 1. The maximum Gasteiger partial charge on any atom is 0.324 e. The van der Waals surface area contributed by atoms with Crippen molar-refractivity contribution in [1.82, 2.24) is 4.90 Å². The summed E-state index contributed by atoms with van der Waals surface area (Å²) >= 11 is 0. The number of benzene rings is 2. The molecule has 140 valence electrons. The van der Waals surface area contributed by atoms with E-state index in [9.17, 15) is 9.18 Å². The molecule has 2 aromatic rings. The molecule has 0 saturated carbocycles. The molecule has 3 N–H and O–H groups in total. The first kappa shape index (κ1) is 18.6. The Balaban J connectivity index is 1.82. The summed E-state index contributed by atoms with van der Waals surface area (Å²) in [7, 11) is 0. The first-order chi connectivity index (χ1) is 13.1. The Morgan fingerprint density at radius 3 is 2.67 bits per heavy atom. The Morgan fingerprint density at radius 1 is 1.22 bits per heavy atom. The van der Waals surface area contributed by atoms with Crippen LogP contribution in [-0.4, -0.2) is 30.2 Å². The molecule has 1 aliphatic heterocycles. The average Bonchev–Trinajstić information content (AvgIpc) is 3.05. The van der Waals surface area contributed by atoms with Crippen LogP contribution in [0.5, 0.6) is 0 Å². The van der Waals surface area contributed by atoms with E-state index < -0.39 is 0 Å². The maximum atomic E-state index is 13.9. The Hall–Kier alpha value is -3.15. The third-order valence-corrected chi connectivity index (χ3v) is 4.84. The van der Waals surface area contributed by atoms with Crippen LogP contribution in [0.2, 0.25) is 0 Å². The zero-order valence-corrected chi connectivity index (χ0v) is 15.3. The van der Waals surface area contributed by atoms with Gasteiger partial charge in [-0.15, -0.1) is 0 Å². The van der Waals surface area contributed by atoms with Crippen LogP contribution in [0.1, 0.15) is 23.6 Å². The summed E-state index contributed by atoms with van der Waals surface area (Å²) in [5, 5.41) is 7.50. The molecule has 27 heavy (non-hydrogen) atoms. The van der Waals surface area contributed by atoms with E-state index in [0.717, 1.165) is 23.2 Å². The van der Waals surface area contributed by atoms with Gasteiger partial charge in [0.2, 0.25) is 0 Å². The number of nitrogens with one attached hydrogen (secondary N) is 1. The fourth-order valence-corrected chi connectivity index (χ4v) is 3.34. The van der Waals surface area contributed by atoms with Gasteiger partial charge in [-0.1, -0.05) is 31.2 Å². The second kappa shape index (κ2) is 8.03. The van der Waals surface area contributed by atoms with Crippen LogP contribution in [0.25, 0.3) is 5.57 Å². The van der Waals surface area contributed by atoms with Crippen LogP contribution in [0.3, 0.4) is 0 Å². The summed E-state index contributed by atoms with van der Waals surface area (Å²) in [6.07, 6.45) is 3.40. The van der Waals surface area contributed by atoms with Crippen molar-refractivity contribution in [2.24, 2.45) is 5.73 Å². The Labute approximate surface area is 158 Å². The minimum atomic E-state index is -0.297. The summed E-state index contributed by atoms with van der Waals surface area (Å²) in [6, 6.07) is 12.1. The smallest absolute Gasteiger partial charge is 0.324 e. The van der Waals surface area contributed by atoms with Crippen LogP contribution >= 0.6 is 0 Å². The summed E-state index contributed by atoms with van der Waals surface area (Å²) in [6.45, 7) is 3.39. The number of allylic oxidation sites excluding steroid dienone is 1. The topological polar surface area (TPSA) is 73.4 Å². The van der Waals surface area contributed by atoms with Crippen molar-refractivity contribution in [3.05, 3.63) is 71.2 Å². The molecule has 1 fully saturated rings. The number of nitrogens with zero attached hydrogens (tertiary/aromatic N) is 2. The quantitative estimate of drug-likeness (QED) is 0.764. The normalized spacial score (nSPS) is 14.7. The highest BCUT2D eigenvalue weighted by Crippen LogP contribution is 2.27. The van der Waals surface area contributed by atoms with Crippen LogP contribution in [0.15, 0.2) is 48.7 Å². The Bertz CT molecular complexity index is 894. The van der Waals surface area contributed by atoms with E-state index in [1.807, 2.05) is 25.1 Å². The number of nitrogens with two attached hydrogens (primary N) is 1. The van der Waals surface area contributed by atoms with E-state index in [2.05, 4.69) is 0 Å². The molecular weight excluding hydrogens is 343 g/mol. The lowest BCUT2D eigenvalue weighted by Gasteiger charge is -2.20. The molecule has 2 aromatic carbocycles. The van der Waals surface area contributed by atoms with Gasteiger partial charge in [0.05, 0.1) is 6.54 Å². The fourth-order valence-electron chi connectivity index (χ4n) is 3.34. The Kier molecular flexibility index (Phi) is 5.54. The molecule has 0 aromatic heterocycles. The van der Waals surface area contributed by atoms with Gasteiger partial charge in [-0.2, -0.15) is 0 Å². The van der Waals surface area contributed by atoms with Gasteiger partial charge in [-0.05, 0) is 35.7 Å². The number of amides is 2. The zero-order valence-electron chi connectivity index (χ0n) is 15.3. The molecule has 3 rings (SSSR count). The van der Waals surface area contributed by atoms with Gasteiger partial charge in [0.15, 0.2) is 0 Å². The third kappa shape index (κ3) is 3.69. The van der Waals surface area contributed by atoms with Crippen LogP contribution in [0.4, 0.5) is 14.9 Å². The first-order valence-corrected chi connectivity index (χ1v) is 8.94. The second-order valence-electron chi connectivity index (χ2n) is 6.41. The molecule has 5 nitrogen and oxygen atoms in total. The van der Waals surface area contributed by atoms with Gasteiger partial charge < -0.3 is 16.0 Å². The van der Waals surface area contributed by atoms with Gasteiger partial charge in [0.1, 0.15) is 5.82 Å². The summed E-state index contributed by atoms with van der Waals surface area (Å²) < 4.78 is 13.9. The molecule has 6 heteroatoms. The number of rotatable bonds is 6. The summed E-state index contributed by atoms with van der Waals surface area (Å²) in [5.74, 6) is -0.297. The second-order valence-corrected chi connectivity index (χ2v) is 6.41. The van der Waals surface area contributed by atoms with E-state index in [1.54, 1.807) is 28.0 Å². The first-order valence-electron chi connectivity index (χ1n) is 8.94. The number of carbonyl (C=O) groups is 1. The molecule has 1 saturated heterocycles. The van der Waals surface area contributed by atoms with E-state index in [-0.39, 0.29) is 18.4 Å². The minimum absolute atomic E-state index is 0.130. The molecule has 2 amide bonds. The number of halogens is 1. The predicted octanol–water partition coefficient (Wildman–Crippen LogP) is 3.78. The number of urea groups is 1. The van der Waals surface area contributed by atoms with Gasteiger partial charge in [0, 0.05) is 42.3 Å². The monoisotopic (exact) mass is 366 g/mol. The highest BCUT2D eigenvalue weighted by Gasteiger charge is 2.30. The molecule has 0 atom stereocenters. The van der Waals surface area contributed by atoms with Gasteiger partial charge in [-0.3, -0.25) is 4.90 Å². The largest absolute Gasteiger partial charge is 0.404 e. The molecule has 0 bridgehead atoms. The number of carbonyl (C=O) groups excluding carboxylic acids is 1. The highest BCUT2D eigenvalue weighted by molar-refractivity contribution is 6.09. The van der Waals surface area contributed by atoms with E-state index in [1.165, 1.54) is 18.5 Å². The molecule has 0 aliphatic carbocycles. The third-order valence-electron chi connectivity index (χ3n) is 4.84. The van der Waals surface area contributed by atoms with Gasteiger partial charge in [-0.25, -0.2) is 9.18 Å². The molecule has 1 heterocycles. The highest BCUT2D eigenvalue weighted by atomic mass is 19.1. The molecule has 0 unspecified atom stereocenters. The molecule has 0 radical (unpaired) electrons. The van der Waals surface area contributed by atoms with Crippen molar-refractivity contribution < 1.29 is 9.18 Å². The van der Waals surface area contributed by atoms with Crippen LogP contribution in [-0.2, 0) is 13.0 Å². The average molecular weight is 366 g/mol. The summed E-state index contributed by atoms with van der Waals surface area (Å²) in [5.41, 5.74) is 9.49. The predicted molar refractivity (Wildman–Crippen MR) is 106 cm³/mol. The molecule has 0 spiro atoms. The maximum absolute atomic E-state index is 13.9. The van der Waals surface area contributed by atoms with E-state index >= 15 is 0 Å². The van der Waals surface area contributed by atoms with Crippen molar-refractivity contribution in [2.75, 3.05) is 18.0 Å².